The lowest BCUT2D eigenvalue weighted by atomic mass is 9.92. The van der Waals surface area contributed by atoms with Gasteiger partial charge >= 0.3 is 5.97 Å². The Morgan fingerprint density at radius 3 is 2.27 bits per heavy atom. The minimum absolute atomic E-state index is 0.209. The van der Waals surface area contributed by atoms with E-state index in [1.165, 1.54) is 18.3 Å². The molecule has 0 bridgehead atoms. The second kappa shape index (κ2) is 12.7. The van der Waals surface area contributed by atoms with Gasteiger partial charge in [-0.25, -0.2) is 14.8 Å². The minimum atomic E-state index is -0.695. The van der Waals surface area contributed by atoms with E-state index in [-0.39, 0.29) is 5.69 Å². The maximum absolute atomic E-state index is 13.3. The number of allylic oxidation sites excluding steroid dienone is 3. The molecule has 2 aliphatic heterocycles. The number of carbonyl (C=O) groups excluding carboxylic acids is 1. The second-order valence-corrected chi connectivity index (χ2v) is 10.4. The summed E-state index contributed by atoms with van der Waals surface area (Å²) in [5.41, 5.74) is 10.7. The number of benzene rings is 3. The standard InChI is InChI=1S/C26H16N4O3.C9H13N.C2H6/c1-14-17(13-27)25-29-18-10-3-4-12-20(18)30(25)24(26(31)33-32-2)21(14)23-16-9-5-7-15-8-6-11-19(28-23)22(15)16;1-5-9-7(3)6(2)8(4)10-9;1-2/h3-12H,1-2H3;5H,1-4H3;1-2H3/b;9-5+;. The fraction of sp³-hybridized carbons (Fsp3) is 0.216. The van der Waals surface area contributed by atoms with E-state index < -0.39 is 5.97 Å². The van der Waals surface area contributed by atoms with Crippen molar-refractivity contribution in [3.63, 3.8) is 0 Å². The van der Waals surface area contributed by atoms with Gasteiger partial charge in [0, 0.05) is 22.2 Å². The molecule has 5 aromatic rings. The first-order chi connectivity index (χ1) is 21.8. The quantitative estimate of drug-likeness (QED) is 0.150. The van der Waals surface area contributed by atoms with E-state index in [4.69, 9.17) is 14.8 Å². The van der Waals surface area contributed by atoms with E-state index in [9.17, 15) is 10.1 Å². The van der Waals surface area contributed by atoms with E-state index in [1.54, 1.807) is 4.40 Å². The van der Waals surface area contributed by atoms with Crippen molar-refractivity contribution < 1.29 is 14.6 Å². The molecule has 0 amide bonds. The molecule has 0 unspecified atom stereocenters. The van der Waals surface area contributed by atoms with Crippen LogP contribution in [-0.4, -0.2) is 33.9 Å². The van der Waals surface area contributed by atoms with Crippen LogP contribution in [0.2, 0.25) is 0 Å². The zero-order chi connectivity index (χ0) is 32.4. The van der Waals surface area contributed by atoms with Crippen LogP contribution in [0.1, 0.15) is 74.3 Å². The third-order valence-corrected chi connectivity index (χ3v) is 8.12. The topological polar surface area (TPSA) is 101 Å². The molecule has 7 rings (SSSR count). The Morgan fingerprint density at radius 1 is 0.933 bits per heavy atom. The lowest BCUT2D eigenvalue weighted by molar-refractivity contribution is -0.216. The van der Waals surface area contributed by atoms with Gasteiger partial charge < -0.3 is 0 Å². The summed E-state index contributed by atoms with van der Waals surface area (Å²) in [6, 6.07) is 21.6. The highest BCUT2D eigenvalue weighted by molar-refractivity contribution is 6.29. The first-order valence-electron chi connectivity index (χ1n) is 14.9. The number of para-hydroxylation sites is 2. The maximum Gasteiger partial charge on any atom is 0.390 e. The van der Waals surface area contributed by atoms with E-state index in [0.29, 0.717) is 39.1 Å². The Labute approximate surface area is 262 Å². The fourth-order valence-corrected chi connectivity index (χ4v) is 5.81. The van der Waals surface area contributed by atoms with Crippen molar-refractivity contribution in [3.8, 4) is 6.07 Å². The molecule has 226 valence electrons. The fourth-order valence-electron chi connectivity index (χ4n) is 5.81. The number of aromatic nitrogens is 2. The van der Waals surface area contributed by atoms with Crippen LogP contribution in [0.3, 0.4) is 0 Å². The number of nitrogens with zero attached hydrogens (tertiary/aromatic N) is 5. The second-order valence-electron chi connectivity index (χ2n) is 10.4. The number of rotatable bonds is 3. The van der Waals surface area contributed by atoms with Gasteiger partial charge in [-0.2, -0.15) is 10.1 Å². The average Bonchev–Trinajstić information content (AvgIpc) is 3.70. The SMILES string of the molecule is C/C=C1/N=C(C)C(C)=C1C.CC.COOC(=O)c1c(C2=Nc3cccc4cccc2c34)c(C)c(C#N)c2nc3ccccc3n12. The van der Waals surface area contributed by atoms with Crippen LogP contribution in [0.5, 0.6) is 0 Å². The van der Waals surface area contributed by atoms with Gasteiger partial charge in [0.25, 0.3) is 0 Å². The normalized spacial score (nSPS) is 14.2. The van der Waals surface area contributed by atoms with E-state index in [0.717, 1.165) is 33.4 Å². The number of hydrogen-bond donors (Lipinski definition) is 0. The van der Waals surface area contributed by atoms with Crippen molar-refractivity contribution in [2.24, 2.45) is 9.98 Å². The summed E-state index contributed by atoms with van der Waals surface area (Å²) in [6.07, 6.45) is 2.05. The van der Waals surface area contributed by atoms with Gasteiger partial charge in [0.15, 0.2) is 5.65 Å². The van der Waals surface area contributed by atoms with Crippen LogP contribution >= 0.6 is 0 Å². The summed E-state index contributed by atoms with van der Waals surface area (Å²) in [7, 11) is 1.28. The molecule has 0 radical (unpaired) electrons. The Hall–Kier alpha value is -5.39. The Bertz CT molecular complexity index is 2170. The average molecular weight is 598 g/mol. The molecule has 0 N–H and O–H groups in total. The molecule has 4 heterocycles. The van der Waals surface area contributed by atoms with Crippen molar-refractivity contribution in [1.82, 2.24) is 9.38 Å². The molecule has 0 saturated carbocycles. The number of fused-ring (bicyclic) bond motifs is 3. The van der Waals surface area contributed by atoms with Crippen molar-refractivity contribution in [1.29, 1.82) is 5.26 Å². The van der Waals surface area contributed by atoms with Crippen molar-refractivity contribution >= 4 is 50.5 Å². The zero-order valence-corrected chi connectivity index (χ0v) is 26.8. The maximum atomic E-state index is 13.3. The molecule has 2 aliphatic rings. The van der Waals surface area contributed by atoms with Crippen molar-refractivity contribution in [2.75, 3.05) is 7.11 Å². The molecule has 8 heteroatoms. The molecule has 0 spiro atoms. The number of imidazole rings is 1. The smallest absolute Gasteiger partial charge is 0.291 e. The van der Waals surface area contributed by atoms with Crippen LogP contribution in [0.15, 0.2) is 93.6 Å². The number of carbonyl (C=O) groups is 1. The van der Waals surface area contributed by atoms with Crippen LogP contribution in [0.25, 0.3) is 27.5 Å². The minimum Gasteiger partial charge on any atom is -0.291 e. The van der Waals surface area contributed by atoms with Crippen LogP contribution in [0, 0.1) is 18.3 Å². The molecule has 3 aromatic carbocycles. The third kappa shape index (κ3) is 5.11. The monoisotopic (exact) mass is 597 g/mol. The number of aliphatic imine (C=N–C) groups is 2. The number of nitriles is 1. The molecule has 0 atom stereocenters. The van der Waals surface area contributed by atoms with E-state index >= 15 is 0 Å². The van der Waals surface area contributed by atoms with Crippen molar-refractivity contribution in [2.45, 2.75) is 48.5 Å². The van der Waals surface area contributed by atoms with Gasteiger partial charge in [0.2, 0.25) is 0 Å². The highest BCUT2D eigenvalue weighted by Gasteiger charge is 2.32. The van der Waals surface area contributed by atoms with Crippen LogP contribution < -0.4 is 0 Å². The van der Waals surface area contributed by atoms with Gasteiger partial charge in [-0.3, -0.25) is 14.3 Å². The van der Waals surface area contributed by atoms with Gasteiger partial charge in [-0.05, 0) is 74.9 Å². The van der Waals surface area contributed by atoms with E-state index in [1.807, 2.05) is 88.4 Å². The van der Waals surface area contributed by atoms with Gasteiger partial charge in [-0.1, -0.05) is 62.4 Å². The third-order valence-electron chi connectivity index (χ3n) is 8.12. The summed E-state index contributed by atoms with van der Waals surface area (Å²) in [6.45, 7) is 14.1. The first-order valence-corrected chi connectivity index (χ1v) is 14.9. The van der Waals surface area contributed by atoms with Gasteiger partial charge in [-0.15, -0.1) is 0 Å². The molecule has 2 aromatic heterocycles. The van der Waals surface area contributed by atoms with Gasteiger partial charge in [0.05, 0.1) is 40.8 Å². The molecule has 0 fully saturated rings. The Morgan fingerprint density at radius 2 is 1.64 bits per heavy atom. The molecular formula is C37H35N5O3. The summed E-state index contributed by atoms with van der Waals surface area (Å²) >= 11 is 0. The summed E-state index contributed by atoms with van der Waals surface area (Å²) in [5, 5.41) is 12.1. The largest absolute Gasteiger partial charge is 0.390 e. The van der Waals surface area contributed by atoms with E-state index in [2.05, 4.69) is 42.9 Å². The summed E-state index contributed by atoms with van der Waals surface area (Å²) in [5.74, 6) is -0.695. The first kappa shape index (κ1) is 31.0. The number of pyridine rings is 1. The highest BCUT2D eigenvalue weighted by Crippen LogP contribution is 2.40. The lowest BCUT2D eigenvalue weighted by Gasteiger charge is -2.16. The molecule has 0 aliphatic carbocycles. The van der Waals surface area contributed by atoms with Gasteiger partial charge in [0.1, 0.15) is 11.8 Å². The predicted octanol–water partition coefficient (Wildman–Crippen LogP) is 8.75. The highest BCUT2D eigenvalue weighted by atomic mass is 17.2. The Kier molecular flexibility index (Phi) is 8.75. The summed E-state index contributed by atoms with van der Waals surface area (Å²) in [4.78, 5) is 37.0. The van der Waals surface area contributed by atoms with Crippen LogP contribution in [-0.2, 0) is 9.78 Å². The summed E-state index contributed by atoms with van der Waals surface area (Å²) < 4.78 is 1.67. The molecular weight excluding hydrogens is 562 g/mol. The van der Waals surface area contributed by atoms with Crippen molar-refractivity contribution in [3.05, 3.63) is 112 Å². The lowest BCUT2D eigenvalue weighted by Crippen LogP contribution is -2.20. The number of hydrogen-bond acceptors (Lipinski definition) is 7. The zero-order valence-electron chi connectivity index (χ0n) is 26.8. The van der Waals surface area contributed by atoms with Crippen LogP contribution in [0.4, 0.5) is 5.69 Å². The predicted molar refractivity (Wildman–Crippen MR) is 180 cm³/mol. The molecule has 45 heavy (non-hydrogen) atoms. The molecule has 8 nitrogen and oxygen atoms in total. The Balaban J connectivity index is 0.000000284. The molecule has 0 saturated heterocycles.